The lowest BCUT2D eigenvalue weighted by molar-refractivity contribution is -0.142. The predicted molar refractivity (Wildman–Crippen MR) is 148 cm³/mol. The molecule has 1 fully saturated rings. The fourth-order valence-corrected chi connectivity index (χ4v) is 5.49. The summed E-state index contributed by atoms with van der Waals surface area (Å²) in [5.41, 5.74) is 3.73. The van der Waals surface area contributed by atoms with Crippen LogP contribution < -0.4 is 5.32 Å². The van der Waals surface area contributed by atoms with E-state index in [0.29, 0.717) is 32.2 Å². The van der Waals surface area contributed by atoms with E-state index in [0.717, 1.165) is 40.1 Å². The smallest absolute Gasteiger partial charge is 0.250 e. The van der Waals surface area contributed by atoms with Crippen molar-refractivity contribution in [2.75, 3.05) is 11.9 Å². The van der Waals surface area contributed by atoms with Gasteiger partial charge in [-0.25, -0.2) is 4.98 Å². The van der Waals surface area contributed by atoms with E-state index in [1.807, 2.05) is 90.5 Å². The number of carbonyl (C=O) groups is 2. The lowest BCUT2D eigenvalue weighted by Gasteiger charge is -2.37. The number of hydrogen-bond donors (Lipinski definition) is 1. The second-order valence-corrected chi connectivity index (χ2v) is 9.61. The molecule has 1 atom stereocenters. The van der Waals surface area contributed by atoms with Crippen molar-refractivity contribution in [1.29, 1.82) is 0 Å². The van der Waals surface area contributed by atoms with Gasteiger partial charge in [0.05, 0.1) is 11.0 Å². The molecule has 1 N–H and O–H groups in total. The zero-order chi connectivity index (χ0) is 25.8. The van der Waals surface area contributed by atoms with E-state index in [1.54, 1.807) is 11.0 Å². The van der Waals surface area contributed by atoms with Crippen LogP contribution in [0, 0.1) is 0 Å². The van der Waals surface area contributed by atoms with Gasteiger partial charge < -0.3 is 14.8 Å². The first-order valence-corrected chi connectivity index (χ1v) is 12.8. The first kappa shape index (κ1) is 24.5. The average molecular weight is 493 g/mol. The van der Waals surface area contributed by atoms with Crippen LogP contribution in [0.3, 0.4) is 0 Å². The second-order valence-electron chi connectivity index (χ2n) is 9.61. The number of fused-ring (bicyclic) bond motifs is 1. The van der Waals surface area contributed by atoms with Gasteiger partial charge in [0.15, 0.2) is 0 Å². The lowest BCUT2D eigenvalue weighted by atomic mass is 9.89. The molecule has 2 amide bonds. The Morgan fingerprint density at radius 3 is 2.54 bits per heavy atom. The van der Waals surface area contributed by atoms with Gasteiger partial charge in [0.2, 0.25) is 5.91 Å². The van der Waals surface area contributed by atoms with Gasteiger partial charge in [0.25, 0.3) is 5.91 Å². The monoisotopic (exact) mass is 492 g/mol. The molecule has 0 aliphatic carbocycles. The Morgan fingerprint density at radius 1 is 1.03 bits per heavy atom. The number of anilines is 1. The molecule has 1 saturated heterocycles. The van der Waals surface area contributed by atoms with Crippen molar-refractivity contribution in [2.24, 2.45) is 7.05 Å². The number of amides is 2. The summed E-state index contributed by atoms with van der Waals surface area (Å²) in [4.78, 5) is 33.9. The molecule has 1 aromatic heterocycles. The molecule has 0 spiro atoms. The lowest BCUT2D eigenvalue weighted by Crippen LogP contribution is -2.55. The Bertz CT molecular complexity index is 1440. The minimum atomic E-state index is -0.949. The van der Waals surface area contributed by atoms with Crippen LogP contribution in [-0.2, 0) is 23.1 Å². The van der Waals surface area contributed by atoms with Crippen LogP contribution in [0.15, 0.2) is 91.5 Å². The molecular formula is C31H32N4O2. The third-order valence-corrected chi connectivity index (χ3v) is 7.40. The Labute approximate surface area is 217 Å². The summed E-state index contributed by atoms with van der Waals surface area (Å²) in [6, 6.07) is 25.7. The van der Waals surface area contributed by atoms with Gasteiger partial charge in [-0.1, -0.05) is 66.7 Å². The van der Waals surface area contributed by atoms with E-state index in [4.69, 9.17) is 4.98 Å². The first-order valence-electron chi connectivity index (χ1n) is 12.8. The minimum Gasteiger partial charge on any atom is -0.331 e. The number of aromatic nitrogens is 2. The number of likely N-dealkylation sites (tertiary alicyclic amines) is 1. The second kappa shape index (κ2) is 10.4. The van der Waals surface area contributed by atoms with E-state index in [-0.39, 0.29) is 11.8 Å². The quantitative estimate of drug-likeness (QED) is 0.319. The largest absolute Gasteiger partial charge is 0.331 e. The number of aryl methyl sites for hydroxylation is 2. The van der Waals surface area contributed by atoms with E-state index < -0.39 is 5.54 Å². The number of carbonyl (C=O) groups excluding carboxylic acids is 2. The summed E-state index contributed by atoms with van der Waals surface area (Å²) in [5.74, 6) is 0.673. The number of rotatable bonds is 8. The summed E-state index contributed by atoms with van der Waals surface area (Å²) >= 11 is 0. The van der Waals surface area contributed by atoms with Crippen LogP contribution in [0.1, 0.15) is 31.5 Å². The fraction of sp³-hybridized carbons (Fsp3) is 0.258. The molecule has 188 valence electrons. The minimum absolute atomic E-state index is 0.0297. The van der Waals surface area contributed by atoms with Crippen LogP contribution in [0.5, 0.6) is 0 Å². The summed E-state index contributed by atoms with van der Waals surface area (Å²) in [6.07, 6.45) is 4.35. The van der Waals surface area contributed by atoms with Crippen molar-refractivity contribution < 1.29 is 9.59 Å². The highest BCUT2D eigenvalue weighted by atomic mass is 16.2. The molecule has 0 saturated carbocycles. The van der Waals surface area contributed by atoms with Crippen LogP contribution in [0.25, 0.3) is 22.2 Å². The van der Waals surface area contributed by atoms with E-state index in [9.17, 15) is 9.59 Å². The van der Waals surface area contributed by atoms with Crippen molar-refractivity contribution in [3.63, 3.8) is 0 Å². The van der Waals surface area contributed by atoms with Crippen LogP contribution >= 0.6 is 0 Å². The number of imidazole rings is 1. The molecule has 0 bridgehead atoms. The number of hydrogen-bond acceptors (Lipinski definition) is 3. The molecule has 1 aliphatic heterocycles. The highest BCUT2D eigenvalue weighted by Gasteiger charge is 2.48. The summed E-state index contributed by atoms with van der Waals surface area (Å²) < 4.78 is 2.04. The van der Waals surface area contributed by atoms with Gasteiger partial charge >= 0.3 is 0 Å². The van der Waals surface area contributed by atoms with Crippen molar-refractivity contribution in [3.8, 4) is 11.1 Å². The van der Waals surface area contributed by atoms with Crippen molar-refractivity contribution >= 4 is 28.5 Å². The summed E-state index contributed by atoms with van der Waals surface area (Å²) in [6.45, 7) is 4.47. The van der Waals surface area contributed by atoms with Crippen LogP contribution in [0.2, 0.25) is 0 Å². The zero-order valence-corrected chi connectivity index (χ0v) is 21.2. The molecule has 1 aliphatic rings. The van der Waals surface area contributed by atoms with Gasteiger partial charge in [-0.05, 0) is 43.0 Å². The van der Waals surface area contributed by atoms with Gasteiger partial charge in [-0.2, -0.15) is 0 Å². The fourth-order valence-electron chi connectivity index (χ4n) is 5.49. The Kier molecular flexibility index (Phi) is 6.91. The summed E-state index contributed by atoms with van der Waals surface area (Å²) in [7, 11) is 1.98. The number of para-hydroxylation sites is 3. The molecule has 37 heavy (non-hydrogen) atoms. The van der Waals surface area contributed by atoms with Crippen molar-refractivity contribution in [2.45, 2.75) is 37.6 Å². The van der Waals surface area contributed by atoms with Crippen LogP contribution in [-0.4, -0.2) is 38.3 Å². The van der Waals surface area contributed by atoms with Crippen LogP contribution in [0.4, 0.5) is 5.69 Å². The van der Waals surface area contributed by atoms with E-state index in [1.165, 1.54) is 0 Å². The molecule has 6 nitrogen and oxygen atoms in total. The maximum absolute atomic E-state index is 13.9. The Morgan fingerprint density at radius 2 is 1.76 bits per heavy atom. The maximum atomic E-state index is 13.9. The molecule has 0 unspecified atom stereocenters. The van der Waals surface area contributed by atoms with Gasteiger partial charge in [0.1, 0.15) is 11.4 Å². The maximum Gasteiger partial charge on any atom is 0.250 e. The Balaban J connectivity index is 1.37. The number of benzene rings is 3. The first-order chi connectivity index (χ1) is 18.0. The van der Waals surface area contributed by atoms with E-state index >= 15 is 0 Å². The van der Waals surface area contributed by atoms with E-state index in [2.05, 4.69) is 11.9 Å². The van der Waals surface area contributed by atoms with Gasteiger partial charge in [-0.15, -0.1) is 6.58 Å². The molecule has 0 radical (unpaired) electrons. The molecule has 5 rings (SSSR count). The van der Waals surface area contributed by atoms with Gasteiger partial charge in [0, 0.05) is 37.7 Å². The number of nitrogens with one attached hydrogen (secondary N) is 1. The highest BCUT2D eigenvalue weighted by molar-refractivity contribution is 6.03. The normalized spacial score (nSPS) is 17.2. The average Bonchev–Trinajstić information content (AvgIpc) is 3.50. The third-order valence-electron chi connectivity index (χ3n) is 7.40. The topological polar surface area (TPSA) is 67.2 Å². The SMILES string of the molecule is C=CC[C@@]1(C(=O)Nc2ccccc2-c2ccccc2)CCCN1C(=O)CCc1nc2ccccc2n1C. The Hall–Kier alpha value is -4.19. The molecule has 3 aromatic carbocycles. The molecule has 4 aromatic rings. The summed E-state index contributed by atoms with van der Waals surface area (Å²) in [5, 5.41) is 3.17. The van der Waals surface area contributed by atoms with Crippen molar-refractivity contribution in [3.05, 3.63) is 97.3 Å². The third kappa shape index (κ3) is 4.67. The van der Waals surface area contributed by atoms with Gasteiger partial charge in [-0.3, -0.25) is 9.59 Å². The molecule has 6 heteroatoms. The van der Waals surface area contributed by atoms with Crippen molar-refractivity contribution in [1.82, 2.24) is 14.5 Å². The molecular weight excluding hydrogens is 460 g/mol. The standard InChI is InChI=1S/C31H32N4O2/c1-3-20-31(30(37)33-25-15-8-7-14-24(25)23-12-5-4-6-13-23)21-11-22-35(31)29(36)19-18-28-32-26-16-9-10-17-27(26)34(28)2/h3-10,12-17H,1,11,18-22H2,2H3,(H,33,37)/t31-/m0/s1. The highest BCUT2D eigenvalue weighted by Crippen LogP contribution is 2.36. The molecule has 2 heterocycles. The number of nitrogens with zero attached hydrogens (tertiary/aromatic N) is 3. The predicted octanol–water partition coefficient (Wildman–Crippen LogP) is 5.75. The zero-order valence-electron chi connectivity index (χ0n) is 21.2.